The molecule has 0 saturated carbocycles. The van der Waals surface area contributed by atoms with Crippen molar-refractivity contribution < 1.29 is 32.7 Å². The van der Waals surface area contributed by atoms with Crippen molar-refractivity contribution in [1.29, 1.82) is 0 Å². The molecule has 1 unspecified atom stereocenters. The van der Waals surface area contributed by atoms with Crippen molar-refractivity contribution in [3.63, 3.8) is 0 Å². The van der Waals surface area contributed by atoms with Crippen LogP contribution in [0.15, 0.2) is 43.0 Å². The Hall–Kier alpha value is -4.27. The van der Waals surface area contributed by atoms with Crippen LogP contribution in [0.3, 0.4) is 0 Å². The number of rotatable bonds is 5. The molecule has 1 fully saturated rings. The number of nitrogens with zero attached hydrogens (tertiary/aromatic N) is 6. The van der Waals surface area contributed by atoms with Crippen LogP contribution in [0.1, 0.15) is 39.2 Å². The summed E-state index contributed by atoms with van der Waals surface area (Å²) < 4.78 is 49.5. The molecule has 1 aliphatic rings. The highest BCUT2D eigenvalue weighted by Gasteiger charge is 2.60. The van der Waals surface area contributed by atoms with E-state index in [1.54, 1.807) is 20.8 Å². The third-order valence-electron chi connectivity index (χ3n) is 6.62. The van der Waals surface area contributed by atoms with E-state index in [1.165, 1.54) is 40.3 Å². The van der Waals surface area contributed by atoms with Gasteiger partial charge in [0, 0.05) is 48.7 Å². The summed E-state index contributed by atoms with van der Waals surface area (Å²) in [7, 11) is 0. The van der Waals surface area contributed by atoms with Gasteiger partial charge in [-0.25, -0.2) is 19.4 Å². The minimum atomic E-state index is -5.02. The number of likely N-dealkylation sites (tertiary alicyclic amines) is 1. The van der Waals surface area contributed by atoms with Gasteiger partial charge in [0.25, 0.3) is 0 Å². The van der Waals surface area contributed by atoms with Gasteiger partial charge in [-0.2, -0.15) is 18.3 Å². The third kappa shape index (κ3) is 5.54. The molecule has 1 amide bonds. The number of pyridine rings is 2. The highest BCUT2D eigenvalue weighted by molar-refractivity contribution is 5.78. The molecule has 3 aromatic rings. The summed E-state index contributed by atoms with van der Waals surface area (Å²) in [5, 5.41) is 26.6. The second kappa shape index (κ2) is 10.4. The first-order valence-electron chi connectivity index (χ1n) is 12.3. The second-order valence-electron chi connectivity index (χ2n) is 10.4. The molecule has 3 aromatic heterocycles. The number of halogens is 3. The molecule has 0 aliphatic carbocycles. The Balaban J connectivity index is 1.57. The maximum atomic E-state index is 14.3. The quantitative estimate of drug-likeness (QED) is 0.342. The van der Waals surface area contributed by atoms with E-state index in [0.29, 0.717) is 5.56 Å². The number of carbonyl (C=O) groups excluding carboxylic acids is 1. The van der Waals surface area contributed by atoms with Crippen LogP contribution >= 0.6 is 0 Å². The van der Waals surface area contributed by atoms with Gasteiger partial charge in [0.15, 0.2) is 11.4 Å². The van der Waals surface area contributed by atoms with Crippen LogP contribution < -0.4 is 5.73 Å². The molecule has 12 nitrogen and oxygen atoms in total. The predicted octanol–water partition coefficient (Wildman–Crippen LogP) is 4.22. The maximum Gasteiger partial charge on any atom is 0.421 e. The second-order valence-corrected chi connectivity index (χ2v) is 10.4. The molecule has 0 radical (unpaired) electrons. The van der Waals surface area contributed by atoms with Crippen LogP contribution in [0.4, 0.5) is 29.5 Å². The first-order chi connectivity index (χ1) is 18.6. The molecule has 4 heterocycles. The van der Waals surface area contributed by atoms with Crippen LogP contribution in [0.2, 0.25) is 0 Å². The number of ether oxygens (including phenoxy) is 1. The molecule has 40 heavy (non-hydrogen) atoms. The van der Waals surface area contributed by atoms with Crippen molar-refractivity contribution in [3.8, 4) is 16.9 Å². The van der Waals surface area contributed by atoms with Gasteiger partial charge in [-0.1, -0.05) is 6.07 Å². The fraction of sp³-hybridized carbons (Fsp3) is 0.440. The lowest BCUT2D eigenvalue weighted by atomic mass is 9.76. The number of piperidine rings is 1. The summed E-state index contributed by atoms with van der Waals surface area (Å²) in [6.07, 6.45) is -0.885. The average molecular weight is 564 g/mol. The van der Waals surface area contributed by atoms with Crippen LogP contribution in [-0.4, -0.2) is 65.6 Å². The van der Waals surface area contributed by atoms with Crippen LogP contribution in [0.5, 0.6) is 0 Å². The molecule has 15 heteroatoms. The lowest BCUT2D eigenvalue weighted by Crippen LogP contribution is -2.53. The molecule has 1 saturated heterocycles. The molecule has 1 aliphatic heterocycles. The summed E-state index contributed by atoms with van der Waals surface area (Å²) in [5.74, 6) is -1.39. The molecule has 0 bridgehead atoms. The summed E-state index contributed by atoms with van der Waals surface area (Å²) in [6.45, 7) is 5.06. The Bertz CT molecular complexity index is 1400. The minimum Gasteiger partial charge on any atom is -0.444 e. The van der Waals surface area contributed by atoms with Gasteiger partial charge < -0.3 is 20.5 Å². The summed E-state index contributed by atoms with van der Waals surface area (Å²) in [6, 6.07) is 3.77. The number of hydrogen-bond donors (Lipinski definition) is 2. The lowest BCUT2D eigenvalue weighted by Gasteiger charge is -2.42. The molecule has 0 aromatic carbocycles. The summed E-state index contributed by atoms with van der Waals surface area (Å²) >= 11 is 0. The SMILES string of the molecule is CC(C)(C)OC(=O)N1CCC(C(O)(c2ccc(-n3cc(-c4ccnc(N)c4[N+](=O)[O-])cn3)nc2)C(F)(F)F)CC1. The Labute approximate surface area is 226 Å². The highest BCUT2D eigenvalue weighted by Crippen LogP contribution is 2.48. The third-order valence-corrected chi connectivity index (χ3v) is 6.62. The zero-order chi connectivity index (χ0) is 29.5. The van der Waals surface area contributed by atoms with Crippen LogP contribution in [-0.2, 0) is 10.3 Å². The van der Waals surface area contributed by atoms with E-state index in [2.05, 4.69) is 15.1 Å². The number of nitrogens with two attached hydrogens (primary N) is 1. The van der Waals surface area contributed by atoms with Gasteiger partial charge in [0.1, 0.15) is 5.60 Å². The number of aromatic nitrogens is 4. The number of hydrogen-bond acceptors (Lipinski definition) is 9. The monoisotopic (exact) mass is 563 g/mol. The number of nitro groups is 1. The number of aliphatic hydroxyl groups is 1. The van der Waals surface area contributed by atoms with Crippen molar-refractivity contribution in [3.05, 3.63) is 58.7 Å². The van der Waals surface area contributed by atoms with Gasteiger partial charge in [-0.15, -0.1) is 0 Å². The molecular weight excluding hydrogens is 535 g/mol. The van der Waals surface area contributed by atoms with Gasteiger partial charge in [0.2, 0.25) is 5.82 Å². The van der Waals surface area contributed by atoms with Gasteiger partial charge in [-0.3, -0.25) is 10.1 Å². The van der Waals surface area contributed by atoms with E-state index >= 15 is 0 Å². The van der Waals surface area contributed by atoms with Gasteiger partial charge >= 0.3 is 18.0 Å². The van der Waals surface area contributed by atoms with E-state index in [0.717, 1.165) is 12.3 Å². The molecule has 214 valence electrons. The van der Waals surface area contributed by atoms with Crippen LogP contribution in [0, 0.1) is 16.0 Å². The molecular formula is C25H28F3N7O5. The lowest BCUT2D eigenvalue weighted by molar-refractivity contribution is -0.383. The largest absolute Gasteiger partial charge is 0.444 e. The Morgan fingerprint density at radius 2 is 1.82 bits per heavy atom. The molecule has 1 atom stereocenters. The number of anilines is 1. The minimum absolute atomic E-state index is 0.00873. The van der Waals surface area contributed by atoms with Crippen molar-refractivity contribution in [2.45, 2.75) is 51.0 Å². The average Bonchev–Trinajstić information content (AvgIpc) is 3.36. The molecule has 4 rings (SSSR count). The van der Waals surface area contributed by atoms with Crippen molar-refractivity contribution in [2.75, 3.05) is 18.8 Å². The first-order valence-corrected chi connectivity index (χ1v) is 12.3. The maximum absolute atomic E-state index is 14.3. The zero-order valence-electron chi connectivity index (χ0n) is 21.9. The zero-order valence-corrected chi connectivity index (χ0v) is 21.9. The molecule has 3 N–H and O–H groups in total. The number of nitrogen functional groups attached to an aromatic ring is 1. The fourth-order valence-electron chi connectivity index (χ4n) is 4.67. The van der Waals surface area contributed by atoms with Crippen molar-refractivity contribution in [1.82, 2.24) is 24.6 Å². The number of amides is 1. The Kier molecular flexibility index (Phi) is 7.45. The number of carbonyl (C=O) groups is 1. The normalized spacial score (nSPS) is 16.4. The topological polar surface area (TPSA) is 163 Å². The van der Waals surface area contributed by atoms with Crippen molar-refractivity contribution >= 4 is 17.6 Å². The smallest absolute Gasteiger partial charge is 0.421 e. The highest BCUT2D eigenvalue weighted by atomic mass is 19.4. The van der Waals surface area contributed by atoms with E-state index in [4.69, 9.17) is 10.5 Å². The molecule has 0 spiro atoms. The van der Waals surface area contributed by atoms with Gasteiger partial charge in [-0.05, 0) is 45.7 Å². The van der Waals surface area contributed by atoms with E-state index in [-0.39, 0.29) is 43.1 Å². The summed E-state index contributed by atoms with van der Waals surface area (Å²) in [5.41, 5.74) is 1.31. The Morgan fingerprint density at radius 1 is 1.15 bits per heavy atom. The predicted molar refractivity (Wildman–Crippen MR) is 136 cm³/mol. The summed E-state index contributed by atoms with van der Waals surface area (Å²) in [4.78, 5) is 32.2. The van der Waals surface area contributed by atoms with E-state index in [1.807, 2.05) is 0 Å². The van der Waals surface area contributed by atoms with Crippen LogP contribution in [0.25, 0.3) is 16.9 Å². The standard InChI is InChI=1S/C25H28F3N7O5/c1-23(2,3)40-22(36)33-10-7-16(8-11-33)24(37,25(26,27)28)17-4-5-19(31-13-17)34-14-15(12-32-34)18-6-9-30-21(29)20(18)35(38)39/h4-6,9,12-14,16,37H,7-8,10-11H2,1-3H3,(H2,29,30). The van der Waals surface area contributed by atoms with Crippen molar-refractivity contribution in [2.24, 2.45) is 5.92 Å². The Morgan fingerprint density at radius 3 is 2.38 bits per heavy atom. The van der Waals surface area contributed by atoms with E-state index in [9.17, 15) is 33.2 Å². The number of alkyl halides is 3. The van der Waals surface area contributed by atoms with E-state index < -0.39 is 45.6 Å². The fourth-order valence-corrected chi connectivity index (χ4v) is 4.67. The van der Waals surface area contributed by atoms with Gasteiger partial charge in [0.05, 0.1) is 16.7 Å². The first kappa shape index (κ1) is 28.7.